The molecular weight excluding hydrogens is 482 g/mol. The second-order valence-corrected chi connectivity index (χ2v) is 10.9. The first-order valence-corrected chi connectivity index (χ1v) is 13.4. The quantitative estimate of drug-likeness (QED) is 0.380. The van der Waals surface area contributed by atoms with E-state index in [0.29, 0.717) is 24.6 Å². The average molecular weight is 516 g/mol. The lowest BCUT2D eigenvalue weighted by Crippen LogP contribution is -2.52. The summed E-state index contributed by atoms with van der Waals surface area (Å²) in [6.45, 7) is 5.08. The maximum Gasteiger partial charge on any atom is 0.255 e. The molecule has 198 valence electrons. The Balaban J connectivity index is 1.32. The Bertz CT molecular complexity index is 1310. The summed E-state index contributed by atoms with van der Waals surface area (Å²) < 4.78 is 0. The number of carbonyl (C=O) groups is 3. The van der Waals surface area contributed by atoms with Gasteiger partial charge in [0.05, 0.1) is 11.7 Å². The van der Waals surface area contributed by atoms with E-state index in [-0.39, 0.29) is 18.2 Å². The van der Waals surface area contributed by atoms with E-state index in [1.165, 1.54) is 19.1 Å². The van der Waals surface area contributed by atoms with Crippen molar-refractivity contribution in [3.8, 4) is 11.3 Å². The molecule has 1 aromatic heterocycles. The summed E-state index contributed by atoms with van der Waals surface area (Å²) in [4.78, 5) is 48.4. The summed E-state index contributed by atoms with van der Waals surface area (Å²) in [6.07, 6.45) is 4.37. The molecule has 1 atom stereocenters. The van der Waals surface area contributed by atoms with Gasteiger partial charge in [0, 0.05) is 55.5 Å². The number of amides is 3. The van der Waals surface area contributed by atoms with Crippen molar-refractivity contribution in [3.63, 3.8) is 0 Å². The molecule has 38 heavy (non-hydrogen) atoms. The standard InChI is InChI=1S/C28H33N7O3/c1-33-15-20(16-33)30-26-22(12-29)19(13-34-8-2-3-9-34)11-23(31-26)17-4-5-21-18(10-17)14-35(28(21)38)24-6-7-25(36)32-27(24)37/h4-5,10-12,20,24,29H,2-3,6-9,13-16H2,1H3,(H,30,31)(H,32,36,37). The minimum absolute atomic E-state index is 0.181. The van der Waals surface area contributed by atoms with Crippen LogP contribution in [0.5, 0.6) is 0 Å². The van der Waals surface area contributed by atoms with Crippen LogP contribution in [0.15, 0.2) is 24.3 Å². The van der Waals surface area contributed by atoms with Gasteiger partial charge in [0.1, 0.15) is 11.9 Å². The first kappa shape index (κ1) is 24.7. The summed E-state index contributed by atoms with van der Waals surface area (Å²) in [5, 5.41) is 14.1. The van der Waals surface area contributed by atoms with Crippen LogP contribution in [0.2, 0.25) is 0 Å². The van der Waals surface area contributed by atoms with Gasteiger partial charge in [-0.05, 0) is 68.7 Å². The third kappa shape index (κ3) is 4.58. The van der Waals surface area contributed by atoms with Crippen molar-refractivity contribution in [1.29, 1.82) is 5.41 Å². The van der Waals surface area contributed by atoms with E-state index in [4.69, 9.17) is 10.4 Å². The third-order valence-corrected chi connectivity index (χ3v) is 8.11. The number of aromatic nitrogens is 1. The Morgan fingerprint density at radius 2 is 1.95 bits per heavy atom. The molecule has 0 saturated carbocycles. The number of benzene rings is 1. The lowest BCUT2D eigenvalue weighted by Gasteiger charge is -2.37. The van der Waals surface area contributed by atoms with Crippen molar-refractivity contribution >= 4 is 29.8 Å². The predicted octanol–water partition coefficient (Wildman–Crippen LogP) is 1.83. The zero-order chi connectivity index (χ0) is 26.4. The second kappa shape index (κ2) is 9.92. The lowest BCUT2D eigenvalue weighted by molar-refractivity contribution is -0.136. The van der Waals surface area contributed by atoms with E-state index in [1.807, 2.05) is 18.2 Å². The Kier molecular flexibility index (Phi) is 6.45. The van der Waals surface area contributed by atoms with Gasteiger partial charge in [0.25, 0.3) is 5.91 Å². The Hall–Kier alpha value is -3.63. The summed E-state index contributed by atoms with van der Waals surface area (Å²) >= 11 is 0. The molecule has 5 heterocycles. The van der Waals surface area contributed by atoms with Gasteiger partial charge in [0.2, 0.25) is 11.8 Å². The highest BCUT2D eigenvalue weighted by atomic mass is 16.2. The fourth-order valence-corrected chi connectivity index (χ4v) is 6.06. The first-order chi connectivity index (χ1) is 18.4. The van der Waals surface area contributed by atoms with Crippen LogP contribution in [0.4, 0.5) is 5.82 Å². The van der Waals surface area contributed by atoms with Gasteiger partial charge in [-0.1, -0.05) is 6.07 Å². The zero-order valence-corrected chi connectivity index (χ0v) is 21.6. The number of likely N-dealkylation sites (tertiary alicyclic amines) is 2. The molecule has 2 aromatic rings. The fraction of sp³-hybridized carbons (Fsp3) is 0.464. The van der Waals surface area contributed by atoms with Gasteiger partial charge in [-0.3, -0.25) is 24.6 Å². The van der Waals surface area contributed by atoms with Crippen LogP contribution in [0.25, 0.3) is 11.3 Å². The number of carbonyl (C=O) groups excluding carboxylic acids is 3. The van der Waals surface area contributed by atoms with Crippen molar-refractivity contribution in [2.75, 3.05) is 38.5 Å². The third-order valence-electron chi connectivity index (χ3n) is 8.11. The van der Waals surface area contributed by atoms with Crippen molar-refractivity contribution < 1.29 is 14.4 Å². The maximum atomic E-state index is 13.1. The Morgan fingerprint density at radius 1 is 1.16 bits per heavy atom. The second-order valence-electron chi connectivity index (χ2n) is 10.9. The van der Waals surface area contributed by atoms with E-state index < -0.39 is 11.9 Å². The van der Waals surface area contributed by atoms with Crippen molar-refractivity contribution in [2.24, 2.45) is 0 Å². The van der Waals surface area contributed by atoms with E-state index in [1.54, 1.807) is 4.90 Å². The van der Waals surface area contributed by atoms with Gasteiger partial charge in [-0.2, -0.15) is 0 Å². The molecule has 3 saturated heterocycles. The number of fused-ring (bicyclic) bond motifs is 1. The van der Waals surface area contributed by atoms with Crippen molar-refractivity contribution in [3.05, 3.63) is 46.5 Å². The minimum atomic E-state index is -0.635. The molecule has 0 radical (unpaired) electrons. The molecule has 3 fully saturated rings. The molecule has 3 N–H and O–H groups in total. The van der Waals surface area contributed by atoms with Crippen molar-refractivity contribution in [1.82, 2.24) is 25.0 Å². The Labute approximate surface area is 221 Å². The maximum absolute atomic E-state index is 13.1. The van der Waals surface area contributed by atoms with Crippen LogP contribution >= 0.6 is 0 Å². The number of pyridine rings is 1. The van der Waals surface area contributed by atoms with Gasteiger partial charge in [-0.25, -0.2) is 4.98 Å². The number of hydrogen-bond donors (Lipinski definition) is 3. The van der Waals surface area contributed by atoms with Gasteiger partial charge in [0.15, 0.2) is 0 Å². The largest absolute Gasteiger partial charge is 0.364 e. The summed E-state index contributed by atoms with van der Waals surface area (Å²) in [7, 11) is 2.09. The van der Waals surface area contributed by atoms with Crippen LogP contribution in [-0.2, 0) is 22.7 Å². The normalized spacial score (nSPS) is 22.4. The number of hydrogen-bond acceptors (Lipinski definition) is 8. The molecule has 0 bridgehead atoms. The molecule has 10 nitrogen and oxygen atoms in total. The molecule has 0 aliphatic carbocycles. The number of anilines is 1. The number of nitrogens with zero attached hydrogens (tertiary/aromatic N) is 4. The van der Waals surface area contributed by atoms with E-state index in [2.05, 4.69) is 33.5 Å². The van der Waals surface area contributed by atoms with Crippen LogP contribution in [0.3, 0.4) is 0 Å². The molecule has 1 aromatic carbocycles. The van der Waals surface area contributed by atoms with E-state index in [9.17, 15) is 14.4 Å². The van der Waals surface area contributed by atoms with Crippen LogP contribution in [0.1, 0.15) is 52.7 Å². The van der Waals surface area contributed by atoms with Crippen molar-refractivity contribution in [2.45, 2.75) is 50.9 Å². The fourth-order valence-electron chi connectivity index (χ4n) is 6.06. The van der Waals surface area contributed by atoms with Gasteiger partial charge < -0.3 is 20.5 Å². The van der Waals surface area contributed by atoms with Gasteiger partial charge in [-0.15, -0.1) is 0 Å². The van der Waals surface area contributed by atoms with E-state index >= 15 is 0 Å². The molecule has 3 amide bonds. The molecule has 0 spiro atoms. The number of likely N-dealkylation sites (N-methyl/N-ethyl adjacent to an activating group) is 1. The van der Waals surface area contributed by atoms with Gasteiger partial charge >= 0.3 is 0 Å². The highest BCUT2D eigenvalue weighted by Crippen LogP contribution is 2.33. The SMILES string of the molecule is CN1CC(Nc2nc(-c3ccc4c(c3)CN(C3CCC(=O)NC3=O)C4=O)cc(CN3CCCC3)c2C=N)C1. The monoisotopic (exact) mass is 515 g/mol. The topological polar surface area (TPSA) is 122 Å². The number of rotatable bonds is 7. The number of piperidine rings is 1. The molecular formula is C28H33N7O3. The molecule has 1 unspecified atom stereocenters. The van der Waals surface area contributed by atoms with Crippen LogP contribution in [0, 0.1) is 5.41 Å². The predicted molar refractivity (Wildman–Crippen MR) is 143 cm³/mol. The highest BCUT2D eigenvalue weighted by Gasteiger charge is 2.39. The minimum Gasteiger partial charge on any atom is -0.364 e. The lowest BCUT2D eigenvalue weighted by atomic mass is 10.00. The highest BCUT2D eigenvalue weighted by molar-refractivity contribution is 6.05. The average Bonchev–Trinajstić information content (AvgIpc) is 3.50. The first-order valence-electron chi connectivity index (χ1n) is 13.4. The molecule has 6 rings (SSSR count). The molecule has 4 aliphatic heterocycles. The Morgan fingerprint density at radius 3 is 2.66 bits per heavy atom. The molecule has 4 aliphatic rings. The summed E-state index contributed by atoms with van der Waals surface area (Å²) in [6, 6.07) is 7.46. The number of nitrogens with one attached hydrogen (secondary N) is 3. The summed E-state index contributed by atoms with van der Waals surface area (Å²) in [5.41, 5.74) is 5.04. The van der Waals surface area contributed by atoms with Crippen LogP contribution in [-0.4, -0.2) is 88.9 Å². The number of imide groups is 1. The summed E-state index contributed by atoms with van der Waals surface area (Å²) in [5.74, 6) is -0.152. The smallest absolute Gasteiger partial charge is 0.255 e. The van der Waals surface area contributed by atoms with Crippen LogP contribution < -0.4 is 10.6 Å². The molecule has 10 heteroatoms. The van der Waals surface area contributed by atoms with E-state index in [0.717, 1.165) is 66.5 Å². The zero-order valence-electron chi connectivity index (χ0n) is 21.6.